The van der Waals surface area contributed by atoms with Crippen LogP contribution in [0.3, 0.4) is 0 Å². The molecule has 0 bridgehead atoms. The molecule has 1 atom stereocenters. The summed E-state index contributed by atoms with van der Waals surface area (Å²) in [6.07, 6.45) is 0.116. The third-order valence-corrected chi connectivity index (χ3v) is 3.76. The minimum Gasteiger partial charge on any atom is -0.354 e. The summed E-state index contributed by atoms with van der Waals surface area (Å²) in [5.41, 5.74) is 0.806. The molecule has 7 heteroatoms. The molecule has 1 aromatic rings. The van der Waals surface area contributed by atoms with E-state index in [2.05, 4.69) is 10.6 Å². The lowest BCUT2D eigenvalue weighted by Crippen LogP contribution is -2.54. The van der Waals surface area contributed by atoms with Gasteiger partial charge in [0, 0.05) is 11.6 Å². The van der Waals surface area contributed by atoms with Crippen molar-refractivity contribution in [1.82, 2.24) is 15.5 Å². The summed E-state index contributed by atoms with van der Waals surface area (Å²) in [5.74, 6) is -0.403. The van der Waals surface area contributed by atoms with Gasteiger partial charge < -0.3 is 10.6 Å². The van der Waals surface area contributed by atoms with Crippen LogP contribution in [0.25, 0.3) is 0 Å². The molecule has 0 unspecified atom stereocenters. The fourth-order valence-electron chi connectivity index (χ4n) is 2.25. The summed E-state index contributed by atoms with van der Waals surface area (Å²) in [4.78, 5) is 37.0. The van der Waals surface area contributed by atoms with Gasteiger partial charge in [0.25, 0.3) is 0 Å². The van der Waals surface area contributed by atoms with Crippen LogP contribution in [0, 0.1) is 5.92 Å². The third kappa shape index (κ3) is 4.69. The molecule has 124 valence electrons. The molecule has 4 amide bonds. The second-order valence-corrected chi connectivity index (χ2v) is 6.37. The zero-order valence-corrected chi connectivity index (χ0v) is 13.9. The highest BCUT2D eigenvalue weighted by Crippen LogP contribution is 2.23. The molecule has 2 rings (SSSR count). The SMILES string of the molecule is CC(C)CNC(=O)CN1C(=O)C[C@H](c2ccc(Cl)cc2)NC1=O. The first kappa shape index (κ1) is 17.3. The van der Waals surface area contributed by atoms with Gasteiger partial charge in [0.15, 0.2) is 0 Å². The van der Waals surface area contributed by atoms with Crippen LogP contribution >= 0.6 is 11.6 Å². The molecule has 1 aliphatic heterocycles. The Kier molecular flexibility index (Phi) is 5.60. The van der Waals surface area contributed by atoms with Gasteiger partial charge in [-0.15, -0.1) is 0 Å². The average Bonchev–Trinajstić information content (AvgIpc) is 2.49. The molecule has 0 saturated carbocycles. The molecule has 6 nitrogen and oxygen atoms in total. The Morgan fingerprint density at radius 2 is 2.00 bits per heavy atom. The normalized spacial score (nSPS) is 18.1. The molecule has 0 spiro atoms. The average molecular weight is 338 g/mol. The summed E-state index contributed by atoms with van der Waals surface area (Å²) in [5, 5.41) is 6.03. The van der Waals surface area contributed by atoms with E-state index >= 15 is 0 Å². The number of benzene rings is 1. The van der Waals surface area contributed by atoms with Crippen LogP contribution in [0.2, 0.25) is 5.02 Å². The standard InChI is InChI=1S/C16H20ClN3O3/c1-10(2)8-18-14(21)9-20-15(22)7-13(19-16(20)23)11-3-5-12(17)6-4-11/h3-6,10,13H,7-9H2,1-2H3,(H,18,21)(H,19,23)/t13-/m1/s1. The maximum Gasteiger partial charge on any atom is 0.325 e. The van der Waals surface area contributed by atoms with E-state index < -0.39 is 12.1 Å². The summed E-state index contributed by atoms with van der Waals surface area (Å²) >= 11 is 5.83. The van der Waals surface area contributed by atoms with Gasteiger partial charge in [0.05, 0.1) is 12.5 Å². The number of carbonyl (C=O) groups excluding carboxylic acids is 3. The maximum atomic E-state index is 12.2. The zero-order valence-electron chi connectivity index (χ0n) is 13.1. The molecule has 0 aliphatic carbocycles. The Bertz CT molecular complexity index is 583. The van der Waals surface area contributed by atoms with Gasteiger partial charge in [0.2, 0.25) is 11.8 Å². The van der Waals surface area contributed by atoms with Crippen molar-refractivity contribution in [3.8, 4) is 0 Å². The summed E-state index contributed by atoms with van der Waals surface area (Å²) in [7, 11) is 0. The lowest BCUT2D eigenvalue weighted by Gasteiger charge is -2.31. The number of urea groups is 1. The van der Waals surface area contributed by atoms with E-state index in [4.69, 9.17) is 11.6 Å². The van der Waals surface area contributed by atoms with E-state index in [0.29, 0.717) is 17.5 Å². The molecular formula is C16H20ClN3O3. The van der Waals surface area contributed by atoms with Gasteiger partial charge in [-0.05, 0) is 23.6 Å². The van der Waals surface area contributed by atoms with Crippen LogP contribution in [0.4, 0.5) is 4.79 Å². The van der Waals surface area contributed by atoms with Crippen molar-refractivity contribution in [3.05, 3.63) is 34.9 Å². The number of hydrogen-bond donors (Lipinski definition) is 2. The second-order valence-electron chi connectivity index (χ2n) is 5.94. The van der Waals surface area contributed by atoms with Crippen molar-refractivity contribution >= 4 is 29.4 Å². The Balaban J connectivity index is 1.97. The fraction of sp³-hybridized carbons (Fsp3) is 0.438. The largest absolute Gasteiger partial charge is 0.354 e. The number of imide groups is 1. The first-order valence-corrected chi connectivity index (χ1v) is 7.87. The molecule has 1 saturated heterocycles. The number of nitrogens with zero attached hydrogens (tertiary/aromatic N) is 1. The molecule has 1 aromatic carbocycles. The highest BCUT2D eigenvalue weighted by atomic mass is 35.5. The highest BCUT2D eigenvalue weighted by Gasteiger charge is 2.33. The van der Waals surface area contributed by atoms with E-state index in [1.54, 1.807) is 24.3 Å². The summed E-state index contributed by atoms with van der Waals surface area (Å²) in [6, 6.07) is 6.00. The number of carbonyl (C=O) groups is 3. The predicted molar refractivity (Wildman–Crippen MR) is 86.9 cm³/mol. The predicted octanol–water partition coefficient (Wildman–Crippen LogP) is 2.10. The summed E-state index contributed by atoms with van der Waals surface area (Å²) < 4.78 is 0. The van der Waals surface area contributed by atoms with E-state index in [9.17, 15) is 14.4 Å². The summed E-state index contributed by atoms with van der Waals surface area (Å²) in [6.45, 7) is 4.19. The van der Waals surface area contributed by atoms with Gasteiger partial charge in [-0.3, -0.25) is 14.5 Å². The monoisotopic (exact) mass is 337 g/mol. The second kappa shape index (κ2) is 7.46. The van der Waals surface area contributed by atoms with Crippen molar-refractivity contribution in [2.75, 3.05) is 13.1 Å². The number of rotatable bonds is 5. The smallest absolute Gasteiger partial charge is 0.325 e. The van der Waals surface area contributed by atoms with Crippen LogP contribution < -0.4 is 10.6 Å². The van der Waals surface area contributed by atoms with Gasteiger partial charge in [0.1, 0.15) is 6.54 Å². The van der Waals surface area contributed by atoms with Crippen molar-refractivity contribution in [3.63, 3.8) is 0 Å². The van der Waals surface area contributed by atoms with E-state index in [1.165, 1.54) is 0 Å². The van der Waals surface area contributed by atoms with Gasteiger partial charge >= 0.3 is 6.03 Å². The lowest BCUT2D eigenvalue weighted by atomic mass is 10.0. The number of amides is 4. The first-order valence-electron chi connectivity index (χ1n) is 7.50. The number of halogens is 1. The topological polar surface area (TPSA) is 78.5 Å². The van der Waals surface area contributed by atoms with E-state index in [1.807, 2.05) is 13.8 Å². The molecular weight excluding hydrogens is 318 g/mol. The molecule has 23 heavy (non-hydrogen) atoms. The molecule has 0 aromatic heterocycles. The first-order chi connectivity index (χ1) is 10.9. The van der Waals surface area contributed by atoms with Crippen LogP contribution in [0.5, 0.6) is 0 Å². The Hall–Kier alpha value is -2.08. The Labute approximate surface area is 140 Å². The van der Waals surface area contributed by atoms with Gasteiger partial charge in [-0.25, -0.2) is 4.79 Å². The van der Waals surface area contributed by atoms with Crippen molar-refractivity contribution in [1.29, 1.82) is 0 Å². The van der Waals surface area contributed by atoms with Crippen molar-refractivity contribution < 1.29 is 14.4 Å². The van der Waals surface area contributed by atoms with E-state index in [-0.39, 0.29) is 24.8 Å². The van der Waals surface area contributed by atoms with Crippen LogP contribution in [0.15, 0.2) is 24.3 Å². The number of hydrogen-bond acceptors (Lipinski definition) is 3. The quantitative estimate of drug-likeness (QED) is 0.863. The molecule has 1 aliphatic rings. The van der Waals surface area contributed by atoms with Crippen LogP contribution in [0.1, 0.15) is 31.9 Å². The van der Waals surface area contributed by atoms with Gasteiger partial charge in [-0.2, -0.15) is 0 Å². The van der Waals surface area contributed by atoms with Crippen LogP contribution in [-0.2, 0) is 9.59 Å². The maximum absolute atomic E-state index is 12.2. The molecule has 2 N–H and O–H groups in total. The number of nitrogens with one attached hydrogen (secondary N) is 2. The molecule has 1 fully saturated rings. The minimum absolute atomic E-state index is 0.116. The fourth-order valence-corrected chi connectivity index (χ4v) is 2.38. The molecule has 0 radical (unpaired) electrons. The van der Waals surface area contributed by atoms with Crippen molar-refractivity contribution in [2.45, 2.75) is 26.3 Å². The third-order valence-electron chi connectivity index (χ3n) is 3.50. The molecule has 1 heterocycles. The highest BCUT2D eigenvalue weighted by molar-refractivity contribution is 6.30. The Morgan fingerprint density at radius 1 is 1.35 bits per heavy atom. The van der Waals surface area contributed by atoms with Crippen LogP contribution in [-0.4, -0.2) is 35.8 Å². The lowest BCUT2D eigenvalue weighted by molar-refractivity contribution is -0.134. The van der Waals surface area contributed by atoms with Crippen molar-refractivity contribution in [2.24, 2.45) is 5.92 Å². The van der Waals surface area contributed by atoms with Gasteiger partial charge in [-0.1, -0.05) is 37.6 Å². The Morgan fingerprint density at radius 3 is 2.57 bits per heavy atom. The van der Waals surface area contributed by atoms with E-state index in [0.717, 1.165) is 10.5 Å². The minimum atomic E-state index is -0.555. The zero-order chi connectivity index (χ0) is 17.0.